The van der Waals surface area contributed by atoms with Gasteiger partial charge in [-0.05, 0) is 31.5 Å². The van der Waals surface area contributed by atoms with E-state index in [0.717, 1.165) is 0 Å². The number of hydrogen-bond acceptors (Lipinski definition) is 3. The molecule has 1 amide bonds. The lowest BCUT2D eigenvalue weighted by Gasteiger charge is -2.15. The van der Waals surface area contributed by atoms with E-state index in [-0.39, 0.29) is 29.2 Å². The summed E-state index contributed by atoms with van der Waals surface area (Å²) in [5.41, 5.74) is 0.230. The molecule has 2 atom stereocenters. The van der Waals surface area contributed by atoms with Crippen LogP contribution in [-0.4, -0.2) is 29.7 Å². The van der Waals surface area contributed by atoms with Crippen molar-refractivity contribution in [3.8, 4) is 0 Å². The van der Waals surface area contributed by atoms with Gasteiger partial charge < -0.3 is 15.2 Å². The van der Waals surface area contributed by atoms with Crippen molar-refractivity contribution in [3.63, 3.8) is 0 Å². The number of halogens is 1. The Morgan fingerprint density at radius 3 is 2.79 bits per heavy atom. The van der Waals surface area contributed by atoms with Crippen molar-refractivity contribution in [2.24, 2.45) is 5.92 Å². The van der Waals surface area contributed by atoms with Gasteiger partial charge in [0.05, 0.1) is 23.3 Å². The van der Waals surface area contributed by atoms with E-state index in [4.69, 9.17) is 21.4 Å². The minimum Gasteiger partial charge on any atom is -0.478 e. The van der Waals surface area contributed by atoms with Crippen molar-refractivity contribution in [2.75, 3.05) is 11.9 Å². The van der Waals surface area contributed by atoms with E-state index in [0.29, 0.717) is 18.1 Å². The van der Waals surface area contributed by atoms with E-state index in [9.17, 15) is 9.59 Å². The standard InChI is InChI=1S/C13H14ClNO4/c1-7-9(4-5-19-7)12(16)15-11-6-8(14)2-3-10(11)13(17)18/h2-3,6-7,9H,4-5H2,1H3,(H,15,16)(H,17,18). The van der Waals surface area contributed by atoms with Crippen LogP contribution in [0.3, 0.4) is 0 Å². The summed E-state index contributed by atoms with van der Waals surface area (Å²) >= 11 is 5.82. The molecule has 1 aliphatic rings. The maximum absolute atomic E-state index is 12.1. The number of nitrogens with one attached hydrogen (secondary N) is 1. The van der Waals surface area contributed by atoms with Crippen LogP contribution in [0.5, 0.6) is 0 Å². The molecule has 6 heteroatoms. The summed E-state index contributed by atoms with van der Waals surface area (Å²) in [4.78, 5) is 23.2. The second-order valence-electron chi connectivity index (χ2n) is 4.46. The number of aromatic carboxylic acids is 1. The fraction of sp³-hybridized carbons (Fsp3) is 0.385. The number of rotatable bonds is 3. The quantitative estimate of drug-likeness (QED) is 0.893. The van der Waals surface area contributed by atoms with Crippen LogP contribution in [0.1, 0.15) is 23.7 Å². The summed E-state index contributed by atoms with van der Waals surface area (Å²) < 4.78 is 5.32. The van der Waals surface area contributed by atoms with Crippen LogP contribution in [0, 0.1) is 5.92 Å². The number of carbonyl (C=O) groups is 2. The highest BCUT2D eigenvalue weighted by molar-refractivity contribution is 6.31. The highest BCUT2D eigenvalue weighted by Crippen LogP contribution is 2.25. The Labute approximate surface area is 115 Å². The maximum atomic E-state index is 12.1. The maximum Gasteiger partial charge on any atom is 0.337 e. The fourth-order valence-electron chi connectivity index (χ4n) is 2.11. The van der Waals surface area contributed by atoms with Crippen molar-refractivity contribution in [1.82, 2.24) is 0 Å². The molecule has 102 valence electrons. The topological polar surface area (TPSA) is 75.6 Å². The van der Waals surface area contributed by atoms with Gasteiger partial charge in [-0.15, -0.1) is 0 Å². The van der Waals surface area contributed by atoms with E-state index < -0.39 is 5.97 Å². The van der Waals surface area contributed by atoms with Crippen LogP contribution >= 0.6 is 11.6 Å². The second kappa shape index (κ2) is 5.59. The molecule has 5 nitrogen and oxygen atoms in total. The van der Waals surface area contributed by atoms with Crippen molar-refractivity contribution in [2.45, 2.75) is 19.4 Å². The zero-order valence-electron chi connectivity index (χ0n) is 10.4. The van der Waals surface area contributed by atoms with Gasteiger partial charge in [0, 0.05) is 11.6 Å². The minimum atomic E-state index is -1.11. The number of amides is 1. The predicted octanol–water partition coefficient (Wildman–Crippen LogP) is 2.40. The number of carboxylic acids is 1. The molecule has 1 aliphatic heterocycles. The molecule has 0 aliphatic carbocycles. The molecule has 1 aromatic carbocycles. The molecule has 0 saturated carbocycles. The highest BCUT2D eigenvalue weighted by atomic mass is 35.5. The first-order valence-electron chi connectivity index (χ1n) is 5.94. The fourth-order valence-corrected chi connectivity index (χ4v) is 2.28. The Kier molecular flexibility index (Phi) is 4.07. The van der Waals surface area contributed by atoms with Gasteiger partial charge in [-0.25, -0.2) is 4.79 Å². The summed E-state index contributed by atoms with van der Waals surface area (Å²) in [7, 11) is 0. The molecule has 1 heterocycles. The lowest BCUT2D eigenvalue weighted by molar-refractivity contribution is -0.121. The first-order chi connectivity index (χ1) is 8.99. The van der Waals surface area contributed by atoms with Crippen LogP contribution in [0.2, 0.25) is 5.02 Å². The molecule has 0 spiro atoms. The monoisotopic (exact) mass is 283 g/mol. The van der Waals surface area contributed by atoms with E-state index in [1.54, 1.807) is 0 Å². The average molecular weight is 284 g/mol. The van der Waals surface area contributed by atoms with Crippen molar-refractivity contribution in [3.05, 3.63) is 28.8 Å². The van der Waals surface area contributed by atoms with Gasteiger partial charge in [-0.1, -0.05) is 11.6 Å². The van der Waals surface area contributed by atoms with Gasteiger partial charge in [0.25, 0.3) is 0 Å². The minimum absolute atomic E-state index is 0.0179. The molecular weight excluding hydrogens is 270 g/mol. The zero-order chi connectivity index (χ0) is 14.0. The molecule has 1 aromatic rings. The molecule has 2 rings (SSSR count). The Bertz CT molecular complexity index is 517. The summed E-state index contributed by atoms with van der Waals surface area (Å²) in [6.07, 6.45) is 0.475. The summed E-state index contributed by atoms with van der Waals surface area (Å²) in [5, 5.41) is 12.1. The Hall–Kier alpha value is -1.59. The van der Waals surface area contributed by atoms with Crippen LogP contribution in [0.15, 0.2) is 18.2 Å². The number of carboxylic acid groups (broad SMARTS) is 1. The van der Waals surface area contributed by atoms with Crippen molar-refractivity contribution in [1.29, 1.82) is 0 Å². The lowest BCUT2D eigenvalue weighted by atomic mass is 10.0. The lowest BCUT2D eigenvalue weighted by Crippen LogP contribution is -2.28. The number of hydrogen-bond donors (Lipinski definition) is 2. The Morgan fingerprint density at radius 2 is 2.21 bits per heavy atom. The largest absolute Gasteiger partial charge is 0.478 e. The summed E-state index contributed by atoms with van der Waals surface area (Å²) in [5.74, 6) is -1.61. The van der Waals surface area contributed by atoms with E-state index >= 15 is 0 Å². The van der Waals surface area contributed by atoms with Crippen LogP contribution in [0.4, 0.5) is 5.69 Å². The molecule has 2 N–H and O–H groups in total. The Balaban J connectivity index is 2.20. The Morgan fingerprint density at radius 1 is 1.47 bits per heavy atom. The number of ether oxygens (including phenoxy) is 1. The number of benzene rings is 1. The van der Waals surface area contributed by atoms with Crippen LogP contribution < -0.4 is 5.32 Å². The smallest absolute Gasteiger partial charge is 0.337 e. The average Bonchev–Trinajstić information content (AvgIpc) is 2.75. The molecule has 2 unspecified atom stereocenters. The van der Waals surface area contributed by atoms with Gasteiger partial charge in [-0.2, -0.15) is 0 Å². The summed E-state index contributed by atoms with van der Waals surface area (Å²) in [6, 6.07) is 4.28. The molecule has 0 bridgehead atoms. The predicted molar refractivity (Wildman–Crippen MR) is 70.6 cm³/mol. The highest BCUT2D eigenvalue weighted by Gasteiger charge is 2.31. The zero-order valence-corrected chi connectivity index (χ0v) is 11.1. The van der Waals surface area contributed by atoms with Crippen molar-refractivity contribution < 1.29 is 19.4 Å². The van der Waals surface area contributed by atoms with Gasteiger partial charge in [0.1, 0.15) is 0 Å². The molecule has 0 radical (unpaired) electrons. The normalized spacial score (nSPS) is 22.2. The van der Waals surface area contributed by atoms with Gasteiger partial charge in [0.2, 0.25) is 5.91 Å². The molecule has 19 heavy (non-hydrogen) atoms. The van der Waals surface area contributed by atoms with Crippen molar-refractivity contribution >= 4 is 29.2 Å². The second-order valence-corrected chi connectivity index (χ2v) is 4.89. The first kappa shape index (κ1) is 13.8. The third-order valence-corrected chi connectivity index (χ3v) is 3.42. The first-order valence-corrected chi connectivity index (χ1v) is 6.32. The van der Waals surface area contributed by atoms with Crippen LogP contribution in [0.25, 0.3) is 0 Å². The summed E-state index contributed by atoms with van der Waals surface area (Å²) in [6.45, 7) is 2.37. The van der Waals surface area contributed by atoms with E-state index in [1.807, 2.05) is 6.92 Å². The van der Waals surface area contributed by atoms with Gasteiger partial charge >= 0.3 is 5.97 Å². The molecular formula is C13H14ClNO4. The molecule has 1 fully saturated rings. The number of carbonyl (C=O) groups excluding carboxylic acids is 1. The van der Waals surface area contributed by atoms with E-state index in [1.165, 1.54) is 18.2 Å². The SMILES string of the molecule is CC1OCCC1C(=O)Nc1cc(Cl)ccc1C(=O)O. The van der Waals surface area contributed by atoms with E-state index in [2.05, 4.69) is 5.32 Å². The molecule has 1 saturated heterocycles. The van der Waals surface area contributed by atoms with Crippen LogP contribution in [-0.2, 0) is 9.53 Å². The van der Waals surface area contributed by atoms with Gasteiger partial charge in [0.15, 0.2) is 0 Å². The molecule has 0 aromatic heterocycles. The third-order valence-electron chi connectivity index (χ3n) is 3.18. The van der Waals surface area contributed by atoms with Gasteiger partial charge in [-0.3, -0.25) is 4.79 Å². The number of anilines is 1. The third kappa shape index (κ3) is 3.05.